The number of aliphatic hydroxyl groups is 1. The van der Waals surface area contributed by atoms with Gasteiger partial charge in [-0.25, -0.2) is 4.98 Å². The average Bonchev–Trinajstić information content (AvgIpc) is 2.53. The first-order valence-corrected chi connectivity index (χ1v) is 7.11. The Kier molecular flexibility index (Phi) is 3.84. The van der Waals surface area contributed by atoms with E-state index in [1.165, 1.54) is 0 Å². The molecular weight excluding hydrogens is 260 g/mol. The monoisotopic (exact) mass is 278 g/mol. The number of hydrogen-bond donors (Lipinski definition) is 2. The molecule has 3 rings (SSSR count). The fourth-order valence-corrected chi connectivity index (χ4v) is 2.37. The molecule has 1 atom stereocenters. The third-order valence-corrected chi connectivity index (χ3v) is 3.38. The van der Waals surface area contributed by atoms with Crippen LogP contribution in [0, 0.1) is 0 Å². The molecule has 0 amide bonds. The highest BCUT2D eigenvalue weighted by Gasteiger charge is 2.07. The zero-order chi connectivity index (χ0) is 14.7. The minimum atomic E-state index is -0.404. The molecule has 3 aromatic rings. The third kappa shape index (κ3) is 3.03. The lowest BCUT2D eigenvalue weighted by atomic mass is 10.0. The van der Waals surface area contributed by atoms with Gasteiger partial charge < -0.3 is 10.4 Å². The summed E-state index contributed by atoms with van der Waals surface area (Å²) < 4.78 is 0. The fraction of sp³-hybridized carbons (Fsp3) is 0.167. The molecule has 1 aromatic heterocycles. The number of aliphatic hydroxyl groups excluding tert-OH is 1. The van der Waals surface area contributed by atoms with Crippen molar-refractivity contribution in [3.8, 4) is 11.1 Å². The van der Waals surface area contributed by atoms with Gasteiger partial charge in [-0.05, 0) is 30.2 Å². The zero-order valence-corrected chi connectivity index (χ0v) is 12.0. The van der Waals surface area contributed by atoms with Crippen molar-refractivity contribution < 1.29 is 5.11 Å². The Morgan fingerprint density at radius 1 is 1.05 bits per heavy atom. The van der Waals surface area contributed by atoms with Crippen LogP contribution in [0.3, 0.4) is 0 Å². The van der Waals surface area contributed by atoms with Crippen LogP contribution in [0.1, 0.15) is 6.92 Å². The third-order valence-electron chi connectivity index (χ3n) is 3.38. The Bertz CT molecular complexity index is 739. The first-order chi connectivity index (χ1) is 10.2. The van der Waals surface area contributed by atoms with E-state index in [1.807, 2.05) is 42.5 Å². The number of pyridine rings is 1. The lowest BCUT2D eigenvalue weighted by Gasteiger charge is -2.12. The highest BCUT2D eigenvalue weighted by molar-refractivity contribution is 5.96. The van der Waals surface area contributed by atoms with E-state index in [4.69, 9.17) is 0 Å². The van der Waals surface area contributed by atoms with Crippen LogP contribution in [-0.4, -0.2) is 22.7 Å². The van der Waals surface area contributed by atoms with Gasteiger partial charge in [-0.3, -0.25) is 0 Å². The number of hydrogen-bond acceptors (Lipinski definition) is 3. The van der Waals surface area contributed by atoms with Crippen LogP contribution < -0.4 is 5.32 Å². The van der Waals surface area contributed by atoms with Crippen LogP contribution >= 0.6 is 0 Å². The number of fused-ring (bicyclic) bond motifs is 1. The van der Waals surface area contributed by atoms with Crippen molar-refractivity contribution in [2.45, 2.75) is 13.0 Å². The van der Waals surface area contributed by atoms with Gasteiger partial charge in [-0.2, -0.15) is 0 Å². The van der Waals surface area contributed by atoms with Crippen LogP contribution in [0.2, 0.25) is 0 Å². The first-order valence-electron chi connectivity index (χ1n) is 7.11. The van der Waals surface area contributed by atoms with E-state index in [9.17, 15) is 5.11 Å². The van der Waals surface area contributed by atoms with E-state index in [1.54, 1.807) is 6.92 Å². The van der Waals surface area contributed by atoms with Crippen LogP contribution in [0.15, 0.2) is 60.7 Å². The molecule has 0 saturated carbocycles. The van der Waals surface area contributed by atoms with Gasteiger partial charge in [-0.1, -0.05) is 48.5 Å². The normalized spacial score (nSPS) is 12.3. The summed E-state index contributed by atoms with van der Waals surface area (Å²) >= 11 is 0. The van der Waals surface area contributed by atoms with E-state index in [0.717, 1.165) is 27.8 Å². The summed E-state index contributed by atoms with van der Waals surface area (Å²) in [5.74, 6) is 0.786. The van der Waals surface area contributed by atoms with Gasteiger partial charge in [0.15, 0.2) is 0 Å². The molecule has 106 valence electrons. The molecule has 2 aromatic carbocycles. The molecule has 0 bridgehead atoms. The average molecular weight is 278 g/mol. The molecule has 0 saturated heterocycles. The molecule has 0 radical (unpaired) electrons. The lowest BCUT2D eigenvalue weighted by molar-refractivity contribution is 0.208. The molecule has 0 unspecified atom stereocenters. The number of benzene rings is 2. The highest BCUT2D eigenvalue weighted by atomic mass is 16.3. The molecule has 0 aliphatic heterocycles. The first kappa shape index (κ1) is 13.6. The fourth-order valence-electron chi connectivity index (χ4n) is 2.37. The second-order valence-electron chi connectivity index (χ2n) is 5.17. The maximum absolute atomic E-state index is 9.42. The maximum Gasteiger partial charge on any atom is 0.127 e. The number of aromatic nitrogens is 1. The van der Waals surface area contributed by atoms with E-state index < -0.39 is 6.10 Å². The minimum Gasteiger partial charge on any atom is -0.392 e. The Labute approximate surface area is 124 Å². The molecule has 3 nitrogen and oxygen atoms in total. The zero-order valence-electron chi connectivity index (χ0n) is 12.0. The Balaban J connectivity index is 2.12. The largest absolute Gasteiger partial charge is 0.392 e. The summed E-state index contributed by atoms with van der Waals surface area (Å²) in [5, 5.41) is 13.7. The van der Waals surface area contributed by atoms with E-state index in [-0.39, 0.29) is 0 Å². The molecule has 0 aliphatic carbocycles. The Morgan fingerprint density at radius 3 is 2.52 bits per heavy atom. The predicted molar refractivity (Wildman–Crippen MR) is 87.3 cm³/mol. The summed E-state index contributed by atoms with van der Waals surface area (Å²) in [7, 11) is 0. The second kappa shape index (κ2) is 5.94. The van der Waals surface area contributed by atoms with Gasteiger partial charge in [0, 0.05) is 11.9 Å². The van der Waals surface area contributed by atoms with Crippen molar-refractivity contribution in [3.05, 3.63) is 60.7 Å². The lowest BCUT2D eigenvalue weighted by Crippen LogP contribution is -2.16. The van der Waals surface area contributed by atoms with Gasteiger partial charge in [0.2, 0.25) is 0 Å². The smallest absolute Gasteiger partial charge is 0.127 e. The van der Waals surface area contributed by atoms with E-state index in [0.29, 0.717) is 6.54 Å². The van der Waals surface area contributed by atoms with Gasteiger partial charge in [0.25, 0.3) is 0 Å². The van der Waals surface area contributed by atoms with Crippen molar-refractivity contribution in [2.24, 2.45) is 0 Å². The minimum absolute atomic E-state index is 0.404. The molecule has 0 spiro atoms. The predicted octanol–water partition coefficient (Wildman–Crippen LogP) is 3.69. The van der Waals surface area contributed by atoms with Gasteiger partial charge in [0.05, 0.1) is 11.6 Å². The number of rotatable bonds is 4. The number of para-hydroxylation sites is 1. The topological polar surface area (TPSA) is 45.1 Å². The van der Waals surface area contributed by atoms with Crippen molar-refractivity contribution in [1.29, 1.82) is 0 Å². The molecule has 0 aliphatic rings. The van der Waals surface area contributed by atoms with Gasteiger partial charge >= 0.3 is 0 Å². The van der Waals surface area contributed by atoms with Crippen molar-refractivity contribution in [2.75, 3.05) is 11.9 Å². The maximum atomic E-state index is 9.42. The van der Waals surface area contributed by atoms with Crippen LogP contribution in [0.5, 0.6) is 0 Å². The standard InChI is InChI=1S/C18H18N2O/c1-13(21)12-19-18-11-16(14-7-3-2-4-8-14)15-9-5-6-10-17(15)20-18/h2-11,13,21H,12H2,1H3,(H,19,20)/t13-/m0/s1. The van der Waals surface area contributed by atoms with Crippen LogP contribution in [0.25, 0.3) is 22.0 Å². The molecule has 1 heterocycles. The summed E-state index contributed by atoms with van der Waals surface area (Å²) in [4.78, 5) is 4.61. The van der Waals surface area contributed by atoms with Crippen LogP contribution in [0.4, 0.5) is 5.82 Å². The highest BCUT2D eigenvalue weighted by Crippen LogP contribution is 2.29. The molecular formula is C18H18N2O. The summed E-state index contributed by atoms with van der Waals surface area (Å²) in [6.07, 6.45) is -0.404. The van der Waals surface area contributed by atoms with E-state index in [2.05, 4.69) is 28.5 Å². The molecule has 2 N–H and O–H groups in total. The van der Waals surface area contributed by atoms with Crippen molar-refractivity contribution in [1.82, 2.24) is 4.98 Å². The Morgan fingerprint density at radius 2 is 1.76 bits per heavy atom. The van der Waals surface area contributed by atoms with Crippen molar-refractivity contribution in [3.63, 3.8) is 0 Å². The summed E-state index contributed by atoms with van der Waals surface area (Å²) in [6.45, 7) is 2.24. The van der Waals surface area contributed by atoms with Crippen LogP contribution in [-0.2, 0) is 0 Å². The molecule has 21 heavy (non-hydrogen) atoms. The summed E-state index contributed by atoms with van der Waals surface area (Å²) in [5.41, 5.74) is 3.26. The van der Waals surface area contributed by atoms with Gasteiger partial charge in [-0.15, -0.1) is 0 Å². The Hall–Kier alpha value is -2.39. The number of nitrogens with one attached hydrogen (secondary N) is 1. The molecule has 3 heteroatoms. The second-order valence-corrected chi connectivity index (χ2v) is 5.17. The van der Waals surface area contributed by atoms with Gasteiger partial charge in [0.1, 0.15) is 5.82 Å². The number of anilines is 1. The van der Waals surface area contributed by atoms with Crippen molar-refractivity contribution >= 4 is 16.7 Å². The number of nitrogens with zero attached hydrogens (tertiary/aromatic N) is 1. The SMILES string of the molecule is C[C@H](O)CNc1cc(-c2ccccc2)c2ccccc2n1. The van der Waals surface area contributed by atoms with E-state index >= 15 is 0 Å². The quantitative estimate of drug-likeness (QED) is 0.765. The summed E-state index contributed by atoms with van der Waals surface area (Å²) in [6, 6.07) is 20.4. The molecule has 0 fully saturated rings.